The number of H-pyrrole nitrogens is 1. The summed E-state index contributed by atoms with van der Waals surface area (Å²) in [5.74, 6) is 2.61. The number of rotatable bonds is 13. The molecule has 2 aromatic carbocycles. The molecule has 0 atom stereocenters. The van der Waals surface area contributed by atoms with Crippen LogP contribution >= 0.6 is 0 Å². The number of unbranched alkanes of at least 4 members (excludes halogenated alkanes) is 1. The van der Waals surface area contributed by atoms with Crippen LogP contribution < -0.4 is 9.47 Å². The van der Waals surface area contributed by atoms with Crippen molar-refractivity contribution < 1.29 is 23.8 Å². The average Bonchev–Trinajstić information content (AvgIpc) is 3.34. The van der Waals surface area contributed by atoms with E-state index in [0.29, 0.717) is 18.3 Å². The van der Waals surface area contributed by atoms with Gasteiger partial charge in [0.1, 0.15) is 17.1 Å². The quantitative estimate of drug-likeness (QED) is 0.167. The van der Waals surface area contributed by atoms with E-state index >= 15 is 0 Å². The number of amides is 1. The van der Waals surface area contributed by atoms with Crippen molar-refractivity contribution in [2.24, 2.45) is 5.92 Å². The Balaban J connectivity index is 0.000000320. The molecule has 3 rings (SSSR count). The molecule has 0 bridgehead atoms. The van der Waals surface area contributed by atoms with Gasteiger partial charge in [-0.25, -0.2) is 9.78 Å². The summed E-state index contributed by atoms with van der Waals surface area (Å²) in [6, 6.07) is 13.7. The highest BCUT2D eigenvalue weighted by Gasteiger charge is 2.21. The first-order valence-electron chi connectivity index (χ1n) is 14.7. The summed E-state index contributed by atoms with van der Waals surface area (Å²) in [6.07, 6.45) is 4.78. The van der Waals surface area contributed by atoms with Gasteiger partial charge in [0.15, 0.2) is 11.6 Å². The molecule has 41 heavy (non-hydrogen) atoms. The number of ketones is 1. The number of carbonyl (C=O) groups is 2. The number of nitrogens with zero attached hydrogens (tertiary/aromatic N) is 2. The van der Waals surface area contributed by atoms with E-state index in [9.17, 15) is 9.59 Å². The first kappa shape index (κ1) is 33.7. The second-order valence-corrected chi connectivity index (χ2v) is 11.6. The van der Waals surface area contributed by atoms with Crippen LogP contribution in [-0.4, -0.2) is 59.2 Å². The number of imidazole rings is 1. The fourth-order valence-electron chi connectivity index (χ4n) is 4.00. The van der Waals surface area contributed by atoms with Gasteiger partial charge in [-0.15, -0.1) is 0 Å². The van der Waals surface area contributed by atoms with Crippen molar-refractivity contribution >= 4 is 22.9 Å². The van der Waals surface area contributed by atoms with Gasteiger partial charge in [0.2, 0.25) is 0 Å². The lowest BCUT2D eigenvalue weighted by atomic mass is 10.1. The molecule has 226 valence electrons. The molecule has 0 saturated carbocycles. The zero-order valence-electron chi connectivity index (χ0n) is 26.2. The van der Waals surface area contributed by atoms with E-state index in [0.717, 1.165) is 67.7 Å². The Labute approximate surface area is 245 Å². The van der Waals surface area contributed by atoms with Crippen molar-refractivity contribution in [2.75, 3.05) is 26.8 Å². The van der Waals surface area contributed by atoms with Crippen molar-refractivity contribution in [3.63, 3.8) is 0 Å². The third-order valence-corrected chi connectivity index (χ3v) is 6.17. The summed E-state index contributed by atoms with van der Waals surface area (Å²) in [5.41, 5.74) is 2.57. The fourth-order valence-corrected chi connectivity index (χ4v) is 4.00. The highest BCUT2D eigenvalue weighted by atomic mass is 16.6. The topological polar surface area (TPSA) is 93.8 Å². The molecule has 0 spiro atoms. The molecule has 0 aliphatic rings. The Kier molecular flexibility index (Phi) is 13.7. The predicted octanol–water partition coefficient (Wildman–Crippen LogP) is 7.86. The maximum Gasteiger partial charge on any atom is 0.410 e. The lowest BCUT2D eigenvalue weighted by Crippen LogP contribution is -2.38. The van der Waals surface area contributed by atoms with Gasteiger partial charge in [-0.1, -0.05) is 32.9 Å². The number of ether oxygens (including phenoxy) is 3. The van der Waals surface area contributed by atoms with Crippen LogP contribution in [0.5, 0.6) is 11.5 Å². The molecule has 0 saturated heterocycles. The van der Waals surface area contributed by atoms with Crippen molar-refractivity contribution in [3.8, 4) is 11.5 Å². The summed E-state index contributed by atoms with van der Waals surface area (Å²) in [6.45, 7) is 15.9. The molecular formula is C33H49N3O5. The van der Waals surface area contributed by atoms with Crippen LogP contribution in [0.2, 0.25) is 0 Å². The highest BCUT2D eigenvalue weighted by molar-refractivity contribution is 5.94. The molecular weight excluding hydrogens is 518 g/mol. The second kappa shape index (κ2) is 16.7. The van der Waals surface area contributed by atoms with Crippen LogP contribution in [0.4, 0.5) is 4.79 Å². The van der Waals surface area contributed by atoms with E-state index in [-0.39, 0.29) is 11.9 Å². The fraction of sp³-hybridized carbons (Fsp3) is 0.545. The van der Waals surface area contributed by atoms with Gasteiger partial charge in [0.25, 0.3) is 0 Å². The minimum atomic E-state index is -0.402. The van der Waals surface area contributed by atoms with E-state index in [1.54, 1.807) is 7.11 Å². The second-order valence-electron chi connectivity index (χ2n) is 11.6. The summed E-state index contributed by atoms with van der Waals surface area (Å²) >= 11 is 0. The van der Waals surface area contributed by atoms with Gasteiger partial charge in [0.05, 0.1) is 24.8 Å². The van der Waals surface area contributed by atoms with E-state index in [2.05, 4.69) is 42.9 Å². The molecule has 0 unspecified atom stereocenters. The summed E-state index contributed by atoms with van der Waals surface area (Å²) < 4.78 is 16.3. The van der Waals surface area contributed by atoms with Crippen molar-refractivity contribution in [2.45, 2.75) is 86.2 Å². The summed E-state index contributed by atoms with van der Waals surface area (Å²) in [4.78, 5) is 32.4. The number of aromatic amines is 1. The highest BCUT2D eigenvalue weighted by Crippen LogP contribution is 2.20. The van der Waals surface area contributed by atoms with E-state index in [1.165, 1.54) is 12.5 Å². The average molecular weight is 568 g/mol. The van der Waals surface area contributed by atoms with Crippen LogP contribution in [0.1, 0.15) is 90.3 Å². The zero-order chi connectivity index (χ0) is 30.4. The van der Waals surface area contributed by atoms with Crippen molar-refractivity contribution in [1.29, 1.82) is 0 Å². The number of hydrogen-bond acceptors (Lipinski definition) is 6. The van der Waals surface area contributed by atoms with Crippen LogP contribution in [0.3, 0.4) is 0 Å². The third-order valence-electron chi connectivity index (χ3n) is 6.17. The standard InChI is InChI=1S/C20H22N2O3.C13H27NO2/c1-14(23)20-21-18-10-9-15(12-19(18)22-20)6-3-4-11-25-17-8-5-7-16(13-17)24-2;1-7-9-14(10-8-11(2)3)12(15)16-13(4,5)6/h5,7-10,12-13H,3-4,6,11H2,1-2H3,(H,21,22);11H,7-10H2,1-6H3. The number of benzene rings is 2. The van der Waals surface area contributed by atoms with E-state index in [1.807, 2.05) is 56.0 Å². The molecule has 1 aromatic heterocycles. The number of hydrogen-bond donors (Lipinski definition) is 1. The lowest BCUT2D eigenvalue weighted by Gasteiger charge is -2.27. The number of nitrogens with one attached hydrogen (secondary N) is 1. The molecule has 0 radical (unpaired) electrons. The molecule has 8 heteroatoms. The van der Waals surface area contributed by atoms with Gasteiger partial charge in [-0.2, -0.15) is 0 Å². The number of aromatic nitrogens is 2. The van der Waals surface area contributed by atoms with Crippen LogP contribution in [0, 0.1) is 5.92 Å². The molecule has 8 nitrogen and oxygen atoms in total. The van der Waals surface area contributed by atoms with Crippen LogP contribution in [0.15, 0.2) is 42.5 Å². The summed E-state index contributed by atoms with van der Waals surface area (Å²) in [5, 5.41) is 0. The first-order chi connectivity index (χ1) is 19.4. The molecule has 1 heterocycles. The van der Waals surface area contributed by atoms with E-state index < -0.39 is 5.60 Å². The maximum absolute atomic E-state index is 11.9. The number of methoxy groups -OCH3 is 1. The van der Waals surface area contributed by atoms with Gasteiger partial charge in [-0.3, -0.25) is 4.79 Å². The predicted molar refractivity (Wildman–Crippen MR) is 165 cm³/mol. The Morgan fingerprint density at radius 3 is 2.39 bits per heavy atom. The first-order valence-corrected chi connectivity index (χ1v) is 14.7. The monoisotopic (exact) mass is 567 g/mol. The van der Waals surface area contributed by atoms with Crippen LogP contribution in [-0.2, 0) is 11.2 Å². The third kappa shape index (κ3) is 12.7. The zero-order valence-corrected chi connectivity index (χ0v) is 26.2. The minimum Gasteiger partial charge on any atom is -0.497 e. The number of Topliss-reactive ketones (excluding diaryl/α,β-unsaturated/α-hetero) is 1. The number of aryl methyl sites for hydroxylation is 1. The Hall–Kier alpha value is -3.55. The van der Waals surface area contributed by atoms with Gasteiger partial charge < -0.3 is 24.1 Å². The molecule has 3 aromatic rings. The lowest BCUT2D eigenvalue weighted by molar-refractivity contribution is 0.0242. The summed E-state index contributed by atoms with van der Waals surface area (Å²) in [7, 11) is 1.65. The molecule has 1 amide bonds. The normalized spacial score (nSPS) is 11.1. The molecule has 0 aliphatic heterocycles. The largest absolute Gasteiger partial charge is 0.497 e. The Morgan fingerprint density at radius 1 is 1.02 bits per heavy atom. The van der Waals surface area contributed by atoms with E-state index in [4.69, 9.17) is 14.2 Å². The molecule has 0 fully saturated rings. The number of fused-ring (bicyclic) bond motifs is 1. The van der Waals surface area contributed by atoms with Gasteiger partial charge in [0, 0.05) is 26.1 Å². The van der Waals surface area contributed by atoms with Crippen molar-refractivity contribution in [3.05, 3.63) is 53.9 Å². The Morgan fingerprint density at radius 2 is 1.76 bits per heavy atom. The number of carbonyl (C=O) groups excluding carboxylic acids is 2. The SMILES string of the molecule is CCCN(CCC(C)C)C(=O)OC(C)(C)C.COc1cccc(OCCCCc2ccc3nc(C(C)=O)[nH]c3c2)c1. The Bertz CT molecular complexity index is 1230. The van der Waals surface area contributed by atoms with Crippen molar-refractivity contribution in [1.82, 2.24) is 14.9 Å². The van der Waals surface area contributed by atoms with Crippen LogP contribution in [0.25, 0.3) is 11.0 Å². The maximum atomic E-state index is 11.9. The van der Waals surface area contributed by atoms with Gasteiger partial charge >= 0.3 is 6.09 Å². The smallest absolute Gasteiger partial charge is 0.410 e. The van der Waals surface area contributed by atoms with Gasteiger partial charge in [-0.05, 0) is 88.6 Å². The minimum absolute atomic E-state index is 0.0487. The molecule has 0 aliphatic carbocycles. The molecule has 1 N–H and O–H groups in total.